The van der Waals surface area contributed by atoms with E-state index < -0.39 is 0 Å². The van der Waals surface area contributed by atoms with Crippen LogP contribution in [0.4, 0.5) is 11.4 Å². The molecule has 1 amide bonds. The molecule has 2 aromatic carbocycles. The Morgan fingerprint density at radius 2 is 1.92 bits per heavy atom. The number of carbonyl (C=O) groups excluding carboxylic acids is 1. The summed E-state index contributed by atoms with van der Waals surface area (Å²) >= 11 is 11.6. The first kappa shape index (κ1) is 18.6. The van der Waals surface area contributed by atoms with Gasteiger partial charge in [0.05, 0.1) is 10.2 Å². The predicted molar refractivity (Wildman–Crippen MR) is 107 cm³/mol. The number of carbonyl (C=O) groups is 1. The van der Waals surface area contributed by atoms with Crippen molar-refractivity contribution in [2.75, 3.05) is 5.32 Å². The normalized spacial score (nSPS) is 10.6. The van der Waals surface area contributed by atoms with Gasteiger partial charge in [-0.15, -0.1) is 0 Å². The van der Waals surface area contributed by atoms with E-state index in [9.17, 15) is 9.90 Å². The third-order valence-corrected chi connectivity index (χ3v) is 4.09. The van der Waals surface area contributed by atoms with Crippen molar-refractivity contribution in [3.63, 3.8) is 0 Å². The molecule has 0 aromatic heterocycles. The van der Waals surface area contributed by atoms with Crippen molar-refractivity contribution >= 4 is 72.7 Å². The lowest BCUT2D eigenvalue weighted by molar-refractivity contribution is -0.117. The van der Waals surface area contributed by atoms with Crippen molar-refractivity contribution in [2.45, 2.75) is 6.92 Å². The Balaban J connectivity index is 2.09. The maximum atomic E-state index is 10.9. The smallest absolute Gasteiger partial charge is 0.222 e. The SMILES string of the molecule is CC(=O)NC(=S)Nc1ccc(N=Cc2cc(Br)cc(Br)c2O)cc1. The van der Waals surface area contributed by atoms with Crippen molar-refractivity contribution in [1.82, 2.24) is 5.32 Å². The molecule has 0 spiro atoms. The zero-order chi connectivity index (χ0) is 17.7. The molecule has 2 aromatic rings. The number of amides is 1. The second kappa shape index (κ2) is 8.36. The summed E-state index contributed by atoms with van der Waals surface area (Å²) in [6, 6.07) is 10.7. The fourth-order valence-electron chi connectivity index (χ4n) is 1.78. The van der Waals surface area contributed by atoms with Crippen molar-refractivity contribution in [2.24, 2.45) is 4.99 Å². The first-order valence-electron chi connectivity index (χ1n) is 6.76. The van der Waals surface area contributed by atoms with Crippen LogP contribution < -0.4 is 10.6 Å². The molecule has 0 saturated heterocycles. The molecule has 3 N–H and O–H groups in total. The molecule has 124 valence electrons. The predicted octanol–water partition coefficient (Wildman–Crippen LogP) is 4.50. The standard InChI is InChI=1S/C16H13Br2N3O2S/c1-9(22)20-16(24)21-13-4-2-12(3-5-13)19-8-10-6-11(17)7-14(18)15(10)23/h2-8,23H,1H3,(H2,20,21,22,24). The van der Waals surface area contributed by atoms with Crippen LogP contribution in [0.3, 0.4) is 0 Å². The number of phenols is 1. The lowest BCUT2D eigenvalue weighted by atomic mass is 10.2. The molecule has 0 atom stereocenters. The number of nitrogens with zero attached hydrogens (tertiary/aromatic N) is 1. The van der Waals surface area contributed by atoms with Gasteiger partial charge in [0.15, 0.2) is 5.11 Å². The topological polar surface area (TPSA) is 73.7 Å². The molecule has 0 heterocycles. The summed E-state index contributed by atoms with van der Waals surface area (Å²) < 4.78 is 1.42. The average Bonchev–Trinajstić information content (AvgIpc) is 2.50. The van der Waals surface area contributed by atoms with Gasteiger partial charge in [-0.25, -0.2) is 0 Å². The van der Waals surface area contributed by atoms with E-state index in [0.717, 1.165) is 10.2 Å². The molecule has 8 heteroatoms. The molecule has 0 bridgehead atoms. The highest BCUT2D eigenvalue weighted by Gasteiger charge is 2.05. The first-order valence-corrected chi connectivity index (χ1v) is 8.75. The Kier molecular flexibility index (Phi) is 6.47. The van der Waals surface area contributed by atoms with Crippen molar-refractivity contribution in [3.05, 3.63) is 50.9 Å². The van der Waals surface area contributed by atoms with Gasteiger partial charge in [-0.1, -0.05) is 15.9 Å². The molecular weight excluding hydrogens is 458 g/mol. The number of aromatic hydroxyl groups is 1. The maximum Gasteiger partial charge on any atom is 0.222 e. The van der Waals surface area contributed by atoms with E-state index in [-0.39, 0.29) is 16.8 Å². The van der Waals surface area contributed by atoms with E-state index in [1.807, 2.05) is 0 Å². The van der Waals surface area contributed by atoms with Crippen LogP contribution in [0.5, 0.6) is 5.75 Å². The fraction of sp³-hybridized carbons (Fsp3) is 0.0625. The third-order valence-electron chi connectivity index (χ3n) is 2.83. The van der Waals surface area contributed by atoms with Gasteiger partial charge in [0.1, 0.15) is 5.75 Å². The van der Waals surface area contributed by atoms with Gasteiger partial charge >= 0.3 is 0 Å². The zero-order valence-electron chi connectivity index (χ0n) is 12.5. The first-order chi connectivity index (χ1) is 11.3. The molecule has 24 heavy (non-hydrogen) atoms. The number of thiocarbonyl (C=S) groups is 1. The molecule has 0 radical (unpaired) electrons. The van der Waals surface area contributed by atoms with Gasteiger partial charge in [0.25, 0.3) is 0 Å². The van der Waals surface area contributed by atoms with E-state index in [2.05, 4.69) is 47.5 Å². The number of rotatable bonds is 3. The van der Waals surface area contributed by atoms with E-state index in [0.29, 0.717) is 15.7 Å². The number of aliphatic imine (C=N–C) groups is 1. The van der Waals surface area contributed by atoms with Gasteiger partial charge in [-0.3, -0.25) is 9.79 Å². The zero-order valence-corrected chi connectivity index (χ0v) is 16.5. The Morgan fingerprint density at radius 3 is 2.54 bits per heavy atom. The summed E-state index contributed by atoms with van der Waals surface area (Å²) in [7, 11) is 0. The van der Waals surface area contributed by atoms with Crippen molar-refractivity contribution in [3.8, 4) is 5.75 Å². The van der Waals surface area contributed by atoms with Gasteiger partial charge < -0.3 is 15.7 Å². The van der Waals surface area contributed by atoms with Crippen LogP contribution >= 0.6 is 44.1 Å². The molecule has 0 saturated carbocycles. The van der Waals surface area contributed by atoms with Crippen LogP contribution in [0.1, 0.15) is 12.5 Å². The van der Waals surface area contributed by atoms with Crippen LogP contribution in [0, 0.1) is 0 Å². The van der Waals surface area contributed by atoms with Crippen LogP contribution in [0.25, 0.3) is 0 Å². The highest BCUT2D eigenvalue weighted by atomic mass is 79.9. The van der Waals surface area contributed by atoms with Crippen molar-refractivity contribution in [1.29, 1.82) is 0 Å². The molecule has 0 unspecified atom stereocenters. The molecule has 2 rings (SSSR count). The molecule has 0 aliphatic carbocycles. The lowest BCUT2D eigenvalue weighted by Crippen LogP contribution is -2.32. The minimum atomic E-state index is -0.228. The number of benzene rings is 2. The Morgan fingerprint density at radius 1 is 1.25 bits per heavy atom. The molecular formula is C16H13Br2N3O2S. The van der Waals surface area contributed by atoms with Gasteiger partial charge in [-0.05, 0) is 64.5 Å². The maximum absolute atomic E-state index is 10.9. The Bertz CT molecular complexity index is 808. The molecule has 0 aliphatic heterocycles. The van der Waals surface area contributed by atoms with Crippen LogP contribution in [-0.2, 0) is 4.79 Å². The summed E-state index contributed by atoms with van der Waals surface area (Å²) in [6.07, 6.45) is 1.58. The number of hydrogen-bond acceptors (Lipinski definition) is 4. The Labute approximate surface area is 161 Å². The summed E-state index contributed by atoms with van der Waals surface area (Å²) in [6.45, 7) is 1.39. The van der Waals surface area contributed by atoms with E-state index >= 15 is 0 Å². The van der Waals surface area contributed by atoms with Gasteiger partial charge in [0.2, 0.25) is 5.91 Å². The Hall–Kier alpha value is -1.77. The summed E-state index contributed by atoms with van der Waals surface area (Å²) in [4.78, 5) is 15.2. The van der Waals surface area contributed by atoms with Crippen molar-refractivity contribution < 1.29 is 9.90 Å². The summed E-state index contributed by atoms with van der Waals surface area (Å²) in [5, 5.41) is 15.6. The highest BCUT2D eigenvalue weighted by Crippen LogP contribution is 2.31. The lowest BCUT2D eigenvalue weighted by Gasteiger charge is -2.07. The second-order valence-corrected chi connectivity index (χ2v) is 6.94. The fourth-order valence-corrected chi connectivity index (χ4v) is 3.30. The largest absolute Gasteiger partial charge is 0.506 e. The number of nitrogens with one attached hydrogen (secondary N) is 2. The average molecular weight is 471 g/mol. The second-order valence-electron chi connectivity index (χ2n) is 4.77. The van der Waals surface area contributed by atoms with Crippen LogP contribution in [0.2, 0.25) is 0 Å². The quantitative estimate of drug-likeness (QED) is 0.456. The number of hydrogen-bond donors (Lipinski definition) is 3. The molecule has 0 fully saturated rings. The summed E-state index contributed by atoms with van der Waals surface area (Å²) in [5.74, 6) is -0.102. The number of halogens is 2. The van der Waals surface area contributed by atoms with Gasteiger partial charge in [-0.2, -0.15) is 0 Å². The molecule has 5 nitrogen and oxygen atoms in total. The van der Waals surface area contributed by atoms with E-state index in [1.54, 1.807) is 42.6 Å². The van der Waals surface area contributed by atoms with Gasteiger partial charge in [0, 0.05) is 28.9 Å². The minimum absolute atomic E-state index is 0.126. The van der Waals surface area contributed by atoms with E-state index in [4.69, 9.17) is 12.2 Å². The summed E-state index contributed by atoms with van der Waals surface area (Å²) in [5.41, 5.74) is 2.03. The molecule has 0 aliphatic rings. The van der Waals surface area contributed by atoms with Crippen LogP contribution in [-0.4, -0.2) is 22.3 Å². The monoisotopic (exact) mass is 469 g/mol. The minimum Gasteiger partial charge on any atom is -0.506 e. The van der Waals surface area contributed by atoms with Crippen LogP contribution in [0.15, 0.2) is 50.3 Å². The van der Waals surface area contributed by atoms with E-state index in [1.165, 1.54) is 6.92 Å². The third kappa shape index (κ3) is 5.40. The highest BCUT2D eigenvalue weighted by molar-refractivity contribution is 9.11. The number of anilines is 1. The number of phenolic OH excluding ortho intramolecular Hbond substituents is 1.